The van der Waals surface area contributed by atoms with Crippen LogP contribution < -0.4 is 4.74 Å². The van der Waals surface area contributed by atoms with Gasteiger partial charge in [-0.1, -0.05) is 17.7 Å². The minimum absolute atomic E-state index is 0.0579. The zero-order valence-electron chi connectivity index (χ0n) is 7.48. The highest BCUT2D eigenvalue weighted by molar-refractivity contribution is 6.32. The molecular weight excluding hydrogens is 220 g/mol. The summed E-state index contributed by atoms with van der Waals surface area (Å²) in [5.41, 5.74) is 0.606. The highest BCUT2D eigenvalue weighted by atomic mass is 35.5. The van der Waals surface area contributed by atoms with E-state index in [9.17, 15) is 9.90 Å². The van der Waals surface area contributed by atoms with Crippen LogP contribution in [0.25, 0.3) is 6.08 Å². The normalized spacial score (nSPS) is 18.1. The van der Waals surface area contributed by atoms with Gasteiger partial charge in [0.15, 0.2) is 0 Å². The van der Waals surface area contributed by atoms with Gasteiger partial charge in [0.1, 0.15) is 11.5 Å². The molecule has 1 aliphatic rings. The summed E-state index contributed by atoms with van der Waals surface area (Å²) in [6, 6.07) is 2.82. The first kappa shape index (κ1) is 9.86. The maximum Gasteiger partial charge on any atom is 0.349 e. The highest BCUT2D eigenvalue weighted by Crippen LogP contribution is 2.35. The van der Waals surface area contributed by atoms with Crippen LogP contribution in [0.15, 0.2) is 18.2 Å². The maximum absolute atomic E-state index is 10.7. The molecule has 1 aliphatic heterocycles. The van der Waals surface area contributed by atoms with E-state index in [0.29, 0.717) is 11.3 Å². The maximum atomic E-state index is 10.7. The van der Waals surface area contributed by atoms with Crippen LogP contribution in [0.5, 0.6) is 11.5 Å². The van der Waals surface area contributed by atoms with E-state index in [4.69, 9.17) is 21.4 Å². The van der Waals surface area contributed by atoms with Crippen molar-refractivity contribution in [3.05, 3.63) is 28.8 Å². The summed E-state index contributed by atoms with van der Waals surface area (Å²) >= 11 is 5.67. The molecule has 0 spiro atoms. The lowest BCUT2D eigenvalue weighted by Crippen LogP contribution is -2.26. The third-order valence-corrected chi connectivity index (χ3v) is 2.33. The quantitative estimate of drug-likeness (QED) is 0.768. The Hall–Kier alpha value is -1.68. The van der Waals surface area contributed by atoms with Gasteiger partial charge in [0.2, 0.25) is 6.10 Å². The number of carboxylic acids is 1. The summed E-state index contributed by atoms with van der Waals surface area (Å²) in [6.07, 6.45) is 1.98. The van der Waals surface area contributed by atoms with Crippen LogP contribution in [-0.4, -0.2) is 22.3 Å². The van der Waals surface area contributed by atoms with E-state index in [1.165, 1.54) is 18.2 Å². The van der Waals surface area contributed by atoms with Crippen molar-refractivity contribution >= 4 is 23.6 Å². The molecule has 0 saturated heterocycles. The number of ether oxygens (including phenoxy) is 1. The van der Waals surface area contributed by atoms with E-state index in [1.807, 2.05) is 0 Å². The fourth-order valence-corrected chi connectivity index (χ4v) is 1.45. The number of carbonyl (C=O) groups is 1. The smallest absolute Gasteiger partial charge is 0.349 e. The first-order chi connectivity index (χ1) is 7.08. The number of rotatable bonds is 1. The number of hydrogen-bond donors (Lipinski definition) is 2. The van der Waals surface area contributed by atoms with Crippen molar-refractivity contribution < 1.29 is 19.7 Å². The lowest BCUT2D eigenvalue weighted by atomic mass is 10.1. The Morgan fingerprint density at radius 1 is 1.47 bits per heavy atom. The summed E-state index contributed by atoms with van der Waals surface area (Å²) < 4.78 is 5.15. The van der Waals surface area contributed by atoms with E-state index in [-0.39, 0.29) is 10.8 Å². The SMILES string of the molecule is O=C(O)C1C=Cc2cc(O)c(Cl)cc2O1. The van der Waals surface area contributed by atoms with Crippen LogP contribution in [0.1, 0.15) is 5.56 Å². The van der Waals surface area contributed by atoms with Gasteiger partial charge in [-0.25, -0.2) is 4.79 Å². The van der Waals surface area contributed by atoms with Gasteiger partial charge < -0.3 is 14.9 Å². The molecule has 0 fully saturated rings. The van der Waals surface area contributed by atoms with Crippen molar-refractivity contribution in [3.63, 3.8) is 0 Å². The summed E-state index contributed by atoms with van der Waals surface area (Å²) in [4.78, 5) is 10.7. The van der Waals surface area contributed by atoms with Crippen LogP contribution in [0.3, 0.4) is 0 Å². The molecule has 5 heteroatoms. The fourth-order valence-electron chi connectivity index (χ4n) is 1.29. The first-order valence-electron chi connectivity index (χ1n) is 4.18. The predicted octanol–water partition coefficient (Wildman–Crippen LogP) is 1.90. The molecule has 1 heterocycles. The van der Waals surface area contributed by atoms with Crippen molar-refractivity contribution in [3.8, 4) is 11.5 Å². The second-order valence-corrected chi connectivity index (χ2v) is 3.48. The Morgan fingerprint density at radius 3 is 2.87 bits per heavy atom. The number of benzene rings is 1. The molecule has 15 heavy (non-hydrogen) atoms. The molecule has 2 rings (SSSR count). The molecule has 2 N–H and O–H groups in total. The number of phenolic OH excluding ortho intramolecular Hbond substituents is 1. The number of carboxylic acid groups (broad SMARTS) is 1. The molecule has 0 aromatic heterocycles. The molecule has 0 aliphatic carbocycles. The number of hydrogen-bond acceptors (Lipinski definition) is 3. The largest absolute Gasteiger partial charge is 0.506 e. The van der Waals surface area contributed by atoms with E-state index >= 15 is 0 Å². The van der Waals surface area contributed by atoms with E-state index in [0.717, 1.165) is 0 Å². The van der Waals surface area contributed by atoms with Gasteiger partial charge in [-0.15, -0.1) is 0 Å². The second kappa shape index (κ2) is 3.47. The van der Waals surface area contributed by atoms with Crippen LogP contribution in [0, 0.1) is 0 Å². The number of aromatic hydroxyl groups is 1. The fraction of sp³-hybridized carbons (Fsp3) is 0.100. The molecule has 1 atom stereocenters. The lowest BCUT2D eigenvalue weighted by molar-refractivity contribution is -0.142. The van der Waals surface area contributed by atoms with Gasteiger partial charge in [0.05, 0.1) is 5.02 Å². The molecule has 1 aromatic rings. The summed E-state index contributed by atoms with van der Waals surface area (Å²) in [7, 11) is 0. The van der Waals surface area contributed by atoms with Gasteiger partial charge in [0.25, 0.3) is 0 Å². The summed E-state index contributed by atoms with van der Waals surface area (Å²) in [6.45, 7) is 0. The average Bonchev–Trinajstić information content (AvgIpc) is 2.19. The molecule has 0 radical (unpaired) electrons. The molecule has 1 aromatic carbocycles. The molecule has 0 saturated carbocycles. The molecule has 0 bridgehead atoms. The average molecular weight is 227 g/mol. The van der Waals surface area contributed by atoms with Crippen molar-refractivity contribution in [1.82, 2.24) is 0 Å². The van der Waals surface area contributed by atoms with E-state index in [1.54, 1.807) is 6.08 Å². The Labute approximate surface area is 90.4 Å². The minimum Gasteiger partial charge on any atom is -0.506 e. The number of fused-ring (bicyclic) bond motifs is 1. The zero-order valence-corrected chi connectivity index (χ0v) is 8.23. The van der Waals surface area contributed by atoms with E-state index < -0.39 is 12.1 Å². The van der Waals surface area contributed by atoms with Gasteiger partial charge in [-0.05, 0) is 12.1 Å². The van der Waals surface area contributed by atoms with Gasteiger partial charge in [-0.2, -0.15) is 0 Å². The lowest BCUT2D eigenvalue weighted by Gasteiger charge is -2.18. The molecule has 0 amide bonds. The van der Waals surface area contributed by atoms with Crippen LogP contribution >= 0.6 is 11.6 Å². The van der Waals surface area contributed by atoms with Crippen LogP contribution in [0.4, 0.5) is 0 Å². The van der Waals surface area contributed by atoms with Crippen molar-refractivity contribution in [2.75, 3.05) is 0 Å². The molecule has 78 valence electrons. The predicted molar refractivity (Wildman–Crippen MR) is 54.2 cm³/mol. The Balaban J connectivity index is 2.42. The van der Waals surface area contributed by atoms with Crippen LogP contribution in [0.2, 0.25) is 5.02 Å². The van der Waals surface area contributed by atoms with Crippen molar-refractivity contribution in [1.29, 1.82) is 0 Å². The topological polar surface area (TPSA) is 66.8 Å². The van der Waals surface area contributed by atoms with Gasteiger partial charge in [-0.3, -0.25) is 0 Å². The zero-order chi connectivity index (χ0) is 11.0. The van der Waals surface area contributed by atoms with E-state index in [2.05, 4.69) is 0 Å². The Bertz CT molecular complexity index is 453. The Kier molecular flexibility index (Phi) is 2.28. The third-order valence-electron chi connectivity index (χ3n) is 2.03. The molecule has 4 nitrogen and oxygen atoms in total. The van der Waals surface area contributed by atoms with Crippen molar-refractivity contribution in [2.45, 2.75) is 6.10 Å². The number of halogens is 1. The number of aliphatic carboxylic acids is 1. The van der Waals surface area contributed by atoms with Crippen LogP contribution in [-0.2, 0) is 4.79 Å². The van der Waals surface area contributed by atoms with Gasteiger partial charge in [0, 0.05) is 11.6 Å². The van der Waals surface area contributed by atoms with Crippen molar-refractivity contribution in [2.24, 2.45) is 0 Å². The molecule has 1 unspecified atom stereocenters. The standard InChI is InChI=1S/C10H7ClO4/c11-6-4-9-5(3-7(6)12)1-2-8(15-9)10(13)14/h1-4,8,12H,(H,13,14). The summed E-state index contributed by atoms with van der Waals surface area (Å²) in [5.74, 6) is -0.772. The highest BCUT2D eigenvalue weighted by Gasteiger charge is 2.21. The number of phenols is 1. The molecular formula is C10H7ClO4. The second-order valence-electron chi connectivity index (χ2n) is 3.08. The summed E-state index contributed by atoms with van der Waals surface area (Å²) in [5, 5.41) is 18.2. The third kappa shape index (κ3) is 1.76. The monoisotopic (exact) mass is 226 g/mol. The Morgan fingerprint density at radius 2 is 2.20 bits per heavy atom. The minimum atomic E-state index is -1.07. The van der Waals surface area contributed by atoms with Gasteiger partial charge >= 0.3 is 5.97 Å². The first-order valence-corrected chi connectivity index (χ1v) is 4.56.